The third kappa shape index (κ3) is 4.39. The van der Waals surface area contributed by atoms with Gasteiger partial charge in [-0.3, -0.25) is 4.68 Å². The van der Waals surface area contributed by atoms with Gasteiger partial charge in [0.1, 0.15) is 0 Å². The molecule has 10 heteroatoms. The lowest BCUT2D eigenvalue weighted by Gasteiger charge is -2.14. The van der Waals surface area contributed by atoms with Crippen molar-refractivity contribution < 1.29 is 26.7 Å². The molecule has 0 bridgehead atoms. The van der Waals surface area contributed by atoms with Gasteiger partial charge < -0.3 is 5.11 Å². The van der Waals surface area contributed by atoms with Gasteiger partial charge in [-0.1, -0.05) is 18.2 Å². The van der Waals surface area contributed by atoms with Crippen molar-refractivity contribution in [2.45, 2.75) is 57.3 Å². The second kappa shape index (κ2) is 7.49. The molecule has 1 aromatic carbocycles. The van der Waals surface area contributed by atoms with E-state index >= 15 is 0 Å². The van der Waals surface area contributed by atoms with E-state index in [1.54, 1.807) is 19.9 Å². The van der Waals surface area contributed by atoms with E-state index in [-0.39, 0.29) is 18.2 Å². The topological polar surface area (TPSA) is 84.2 Å². The van der Waals surface area contributed by atoms with E-state index in [1.807, 2.05) is 12.1 Å². The van der Waals surface area contributed by atoms with Gasteiger partial charge in [0.15, 0.2) is 5.69 Å². The van der Waals surface area contributed by atoms with Crippen LogP contribution in [0.3, 0.4) is 0 Å². The molecule has 0 spiro atoms. The second-order valence-corrected chi connectivity index (χ2v) is 9.54. The number of aromatic nitrogens is 2. The molecule has 28 heavy (non-hydrogen) atoms. The summed E-state index contributed by atoms with van der Waals surface area (Å²) in [5.41, 5.74) is 1.40. The molecule has 0 radical (unpaired) electrons. The van der Waals surface area contributed by atoms with Crippen LogP contribution in [0.1, 0.15) is 41.8 Å². The van der Waals surface area contributed by atoms with Crippen molar-refractivity contribution in [3.63, 3.8) is 0 Å². The van der Waals surface area contributed by atoms with E-state index in [4.69, 9.17) is 5.11 Å². The molecule has 1 unspecified atom stereocenters. The zero-order chi connectivity index (χ0) is 20.7. The lowest BCUT2D eigenvalue weighted by molar-refractivity contribution is -0.142. The van der Waals surface area contributed by atoms with Crippen LogP contribution in [0.25, 0.3) is 0 Å². The second-order valence-electron chi connectivity index (χ2n) is 7.28. The van der Waals surface area contributed by atoms with Crippen molar-refractivity contribution in [2.24, 2.45) is 0 Å². The highest BCUT2D eigenvalue weighted by molar-refractivity contribution is 7.90. The molecule has 0 amide bonds. The fraction of sp³-hybridized carbons (Fsp3) is 0.500. The molecule has 2 N–H and O–H groups in total. The number of fused-ring (bicyclic) bond motifs is 1. The van der Waals surface area contributed by atoms with Crippen LogP contribution in [0.15, 0.2) is 24.4 Å². The average Bonchev–Trinajstić information content (AvgIpc) is 3.16. The van der Waals surface area contributed by atoms with Gasteiger partial charge in [0.25, 0.3) is 0 Å². The molecule has 2 aromatic rings. The minimum Gasteiger partial charge on any atom is -0.392 e. The highest BCUT2D eigenvalue weighted by Crippen LogP contribution is 2.31. The Morgan fingerprint density at radius 3 is 2.54 bits per heavy atom. The monoisotopic (exact) mass is 417 g/mol. The number of aliphatic hydroxyl groups is 1. The molecule has 6 nitrogen and oxygen atoms in total. The van der Waals surface area contributed by atoms with Gasteiger partial charge in [-0.2, -0.15) is 18.3 Å². The molecule has 1 aliphatic rings. The first-order valence-corrected chi connectivity index (χ1v) is 10.4. The van der Waals surface area contributed by atoms with Gasteiger partial charge in [-0.15, -0.1) is 0 Å². The molecule has 0 saturated carbocycles. The number of nitrogens with zero attached hydrogens (tertiary/aromatic N) is 2. The predicted octanol–water partition coefficient (Wildman–Crippen LogP) is 2.24. The first kappa shape index (κ1) is 20.8. The van der Waals surface area contributed by atoms with Crippen LogP contribution in [-0.2, 0) is 42.2 Å². The number of aliphatic hydroxyl groups excluding tert-OH is 1. The van der Waals surface area contributed by atoms with Crippen molar-refractivity contribution in [2.75, 3.05) is 0 Å². The lowest BCUT2D eigenvalue weighted by atomic mass is 10.1. The minimum atomic E-state index is -4.62. The number of nitrogens with one attached hydrogen (secondary N) is 1. The van der Waals surface area contributed by atoms with Gasteiger partial charge in [-0.25, -0.2) is 13.1 Å². The maximum atomic E-state index is 13.0. The van der Waals surface area contributed by atoms with Crippen LogP contribution >= 0.6 is 0 Å². The zero-order valence-electron chi connectivity index (χ0n) is 15.5. The van der Waals surface area contributed by atoms with Gasteiger partial charge in [0, 0.05) is 17.8 Å². The predicted molar refractivity (Wildman–Crippen MR) is 97.1 cm³/mol. The Hall–Kier alpha value is -1.91. The van der Waals surface area contributed by atoms with Gasteiger partial charge in [-0.05, 0) is 43.4 Å². The quantitative estimate of drug-likeness (QED) is 0.755. The van der Waals surface area contributed by atoms with E-state index in [0.29, 0.717) is 12.8 Å². The average molecular weight is 417 g/mol. The molecule has 1 heterocycles. The van der Waals surface area contributed by atoms with Crippen molar-refractivity contribution in [3.05, 3.63) is 52.3 Å². The van der Waals surface area contributed by atoms with Crippen LogP contribution in [-0.4, -0.2) is 34.6 Å². The number of benzene rings is 1. The number of hydrogen-bond acceptors (Lipinski definition) is 4. The summed E-state index contributed by atoms with van der Waals surface area (Å²) in [6, 6.07) is 5.31. The molecular formula is C18H22F3N3O3S. The number of sulfonamides is 1. The lowest BCUT2D eigenvalue weighted by Crippen LogP contribution is -2.39. The molecule has 1 atom stereocenters. The summed E-state index contributed by atoms with van der Waals surface area (Å²) in [5.74, 6) is 0. The zero-order valence-corrected chi connectivity index (χ0v) is 16.3. The third-order valence-electron chi connectivity index (χ3n) is 4.78. The summed E-state index contributed by atoms with van der Waals surface area (Å²) in [6.45, 7) is 2.61. The van der Waals surface area contributed by atoms with E-state index in [9.17, 15) is 21.6 Å². The third-order valence-corrected chi connectivity index (χ3v) is 6.68. The van der Waals surface area contributed by atoms with Crippen LogP contribution in [0.4, 0.5) is 13.2 Å². The Bertz CT molecular complexity index is 968. The van der Waals surface area contributed by atoms with E-state index in [1.165, 1.54) is 6.20 Å². The maximum Gasteiger partial charge on any atom is 0.435 e. The Morgan fingerprint density at radius 1 is 1.29 bits per heavy atom. The van der Waals surface area contributed by atoms with Crippen molar-refractivity contribution >= 4 is 10.0 Å². The van der Waals surface area contributed by atoms with Gasteiger partial charge >= 0.3 is 6.18 Å². The normalized spacial score (nSPS) is 17.3. The van der Waals surface area contributed by atoms with Crippen molar-refractivity contribution in [1.29, 1.82) is 0 Å². The smallest absolute Gasteiger partial charge is 0.392 e. The van der Waals surface area contributed by atoms with Gasteiger partial charge in [0.2, 0.25) is 10.0 Å². The summed E-state index contributed by atoms with van der Waals surface area (Å²) < 4.78 is 66.9. The molecule has 0 aliphatic heterocycles. The summed E-state index contributed by atoms with van der Waals surface area (Å²) in [4.78, 5) is 0. The summed E-state index contributed by atoms with van der Waals surface area (Å²) in [5, 5.41) is 12.2. The standard InChI is InChI=1S/C18H22F3N3O3S/c1-11(2)28(26,27)23-16-6-13-4-3-12(5-14(13)7-16)8-24-9-15(10-25)17(22-24)18(19,20)21/h3-5,9,11,16,23,25H,6-8,10H2,1-2H3. The summed E-state index contributed by atoms with van der Waals surface area (Å²) in [7, 11) is -3.37. The summed E-state index contributed by atoms with van der Waals surface area (Å²) in [6.07, 6.45) is -2.32. The maximum absolute atomic E-state index is 13.0. The van der Waals surface area contributed by atoms with E-state index in [0.717, 1.165) is 21.4 Å². The van der Waals surface area contributed by atoms with Crippen molar-refractivity contribution in [3.8, 4) is 0 Å². The van der Waals surface area contributed by atoms with Crippen LogP contribution in [0.2, 0.25) is 0 Å². The number of alkyl halides is 3. The Kier molecular flexibility index (Phi) is 5.57. The molecule has 3 rings (SSSR count). The minimum absolute atomic E-state index is 0.124. The first-order valence-electron chi connectivity index (χ1n) is 8.86. The highest BCUT2D eigenvalue weighted by atomic mass is 32.2. The first-order chi connectivity index (χ1) is 13.0. The molecule has 1 aromatic heterocycles. The highest BCUT2D eigenvalue weighted by Gasteiger charge is 2.37. The largest absolute Gasteiger partial charge is 0.435 e. The van der Waals surface area contributed by atoms with Crippen LogP contribution < -0.4 is 4.72 Å². The molecule has 0 saturated heterocycles. The Morgan fingerprint density at radius 2 is 1.96 bits per heavy atom. The molecule has 154 valence electrons. The molecule has 0 fully saturated rings. The van der Waals surface area contributed by atoms with Crippen LogP contribution in [0, 0.1) is 0 Å². The molecular weight excluding hydrogens is 395 g/mol. The van der Waals surface area contributed by atoms with E-state index in [2.05, 4.69) is 9.82 Å². The fourth-order valence-electron chi connectivity index (χ4n) is 3.31. The number of hydrogen-bond donors (Lipinski definition) is 2. The Balaban J connectivity index is 1.75. The molecule has 1 aliphatic carbocycles. The summed E-state index contributed by atoms with van der Waals surface area (Å²) >= 11 is 0. The Labute approximate surface area is 161 Å². The fourth-order valence-corrected chi connectivity index (χ4v) is 4.21. The number of rotatable bonds is 6. The van der Waals surface area contributed by atoms with Crippen molar-refractivity contribution in [1.82, 2.24) is 14.5 Å². The SMILES string of the molecule is CC(C)S(=O)(=O)NC1Cc2ccc(Cn3cc(CO)c(C(F)(F)F)n3)cc2C1. The number of halogens is 3. The van der Waals surface area contributed by atoms with Crippen LogP contribution in [0.5, 0.6) is 0 Å². The van der Waals surface area contributed by atoms with E-state index < -0.39 is 33.8 Å². The van der Waals surface area contributed by atoms with Gasteiger partial charge in [0.05, 0.1) is 18.4 Å².